The van der Waals surface area contributed by atoms with Crippen LogP contribution in [0.15, 0.2) is 24.3 Å². The molecule has 2 aliphatic carbocycles. The molecule has 2 fully saturated rings. The summed E-state index contributed by atoms with van der Waals surface area (Å²) >= 11 is 0. The molecular formula is C40H45N3O18. The molecule has 2 heterocycles. The van der Waals surface area contributed by atoms with Gasteiger partial charge in [-0.2, -0.15) is 0 Å². The van der Waals surface area contributed by atoms with Gasteiger partial charge >= 0.3 is 0 Å². The fraction of sp³-hybridized carbons (Fsp3) is 0.450. The Morgan fingerprint density at radius 2 is 1.49 bits per heavy atom. The highest BCUT2D eigenvalue weighted by molar-refractivity contribution is 6.31. The van der Waals surface area contributed by atoms with Crippen molar-refractivity contribution in [3.63, 3.8) is 0 Å². The van der Waals surface area contributed by atoms with E-state index in [-0.39, 0.29) is 33.6 Å². The highest BCUT2D eigenvalue weighted by Crippen LogP contribution is 2.57. The monoisotopic (exact) mass is 855 g/mol. The maximum atomic E-state index is 14.1. The Bertz CT molecular complexity index is 2300. The van der Waals surface area contributed by atoms with Crippen molar-refractivity contribution >= 4 is 23.4 Å². The molecule has 7 rings (SSSR count). The van der Waals surface area contributed by atoms with E-state index in [2.05, 4.69) is 10.6 Å². The molecule has 0 spiro atoms. The lowest BCUT2D eigenvalue weighted by Gasteiger charge is -2.47. The molecule has 2 saturated heterocycles. The Labute approximate surface area is 346 Å². The van der Waals surface area contributed by atoms with Crippen LogP contribution in [0.3, 0.4) is 0 Å². The topological polar surface area (TPSA) is 333 Å². The van der Waals surface area contributed by atoms with Gasteiger partial charge in [0.15, 0.2) is 24.1 Å². The third kappa shape index (κ3) is 7.16. The normalized spacial score (nSPS) is 29.7. The molecule has 4 aliphatic rings. The van der Waals surface area contributed by atoms with Crippen molar-refractivity contribution in [1.82, 2.24) is 16.1 Å². The number of ketones is 2. The number of ether oxygens (including phenoxy) is 5. The first-order valence-corrected chi connectivity index (χ1v) is 19.0. The number of phenols is 3. The Morgan fingerprint density at radius 3 is 2.15 bits per heavy atom. The van der Waals surface area contributed by atoms with Gasteiger partial charge in [-0.3, -0.25) is 24.4 Å². The molecule has 21 heteroatoms. The molecule has 61 heavy (non-hydrogen) atoms. The number of amides is 2. The summed E-state index contributed by atoms with van der Waals surface area (Å²) in [6, 6.07) is 2.54. The summed E-state index contributed by atoms with van der Waals surface area (Å²) in [7, 11) is 2.80. The predicted octanol–water partition coefficient (Wildman–Crippen LogP) is -1.19. The number of aryl methyl sites for hydroxylation is 1. The number of aliphatic hydroxyl groups is 5. The first kappa shape index (κ1) is 43.8. The molecule has 0 aromatic heterocycles. The second kappa shape index (κ2) is 16.5. The van der Waals surface area contributed by atoms with Gasteiger partial charge in [-0.25, -0.2) is 5.48 Å². The zero-order valence-corrected chi connectivity index (χ0v) is 33.1. The van der Waals surface area contributed by atoms with Crippen LogP contribution >= 0.6 is 0 Å². The molecule has 3 aromatic carbocycles. The van der Waals surface area contributed by atoms with Crippen LogP contribution in [0, 0.1) is 6.92 Å². The van der Waals surface area contributed by atoms with E-state index in [1.165, 1.54) is 45.6 Å². The Kier molecular flexibility index (Phi) is 11.9. The van der Waals surface area contributed by atoms with Crippen LogP contribution in [0.25, 0.3) is 11.1 Å². The zero-order valence-electron chi connectivity index (χ0n) is 33.1. The van der Waals surface area contributed by atoms with Gasteiger partial charge in [-0.1, -0.05) is 6.07 Å². The number of carbonyl (C=O) groups is 4. The number of hydroxylamine groups is 1. The van der Waals surface area contributed by atoms with Crippen LogP contribution in [0.4, 0.5) is 0 Å². The fourth-order valence-corrected chi connectivity index (χ4v) is 8.40. The van der Waals surface area contributed by atoms with Gasteiger partial charge in [0.2, 0.25) is 0 Å². The molecule has 0 saturated carbocycles. The van der Waals surface area contributed by atoms with E-state index < -0.39 is 149 Å². The minimum Gasteiger partial charge on any atom is -0.507 e. The summed E-state index contributed by atoms with van der Waals surface area (Å²) in [6.45, 7) is 3.82. The number of benzene rings is 3. The average Bonchev–Trinajstić information content (AvgIpc) is 3.22. The lowest BCUT2D eigenvalue weighted by molar-refractivity contribution is -0.339. The number of fused-ring (bicyclic) bond motifs is 5. The number of carbonyl (C=O) groups excluding carboxylic acids is 4. The summed E-state index contributed by atoms with van der Waals surface area (Å²) in [5, 5.41) is 104. The van der Waals surface area contributed by atoms with Gasteiger partial charge in [0.1, 0.15) is 71.8 Å². The van der Waals surface area contributed by atoms with Crippen LogP contribution in [0.2, 0.25) is 0 Å². The minimum atomic E-state index is -1.90. The first-order chi connectivity index (χ1) is 28.9. The summed E-state index contributed by atoms with van der Waals surface area (Å²) < 4.78 is 29.0. The quantitative estimate of drug-likeness (QED) is 0.0695. The van der Waals surface area contributed by atoms with E-state index in [0.717, 1.165) is 12.1 Å². The Balaban J connectivity index is 1.37. The zero-order chi connectivity index (χ0) is 44.5. The molecule has 328 valence electrons. The van der Waals surface area contributed by atoms with E-state index in [1.54, 1.807) is 6.92 Å². The van der Waals surface area contributed by atoms with Gasteiger partial charge in [0, 0.05) is 28.3 Å². The third-order valence-electron chi connectivity index (χ3n) is 11.6. The van der Waals surface area contributed by atoms with E-state index >= 15 is 0 Å². The highest BCUT2D eigenvalue weighted by atomic mass is 16.7. The number of hydrogen-bond donors (Lipinski definition) is 12. The Morgan fingerprint density at radius 1 is 0.836 bits per heavy atom. The molecule has 2 amide bonds. The summed E-state index contributed by atoms with van der Waals surface area (Å²) in [6.07, 6.45) is -15.6. The molecule has 0 unspecified atom stereocenters. The number of hydrogen-bond acceptors (Lipinski definition) is 19. The maximum Gasteiger partial charge on any atom is 0.265 e. The third-order valence-corrected chi connectivity index (χ3v) is 11.6. The van der Waals surface area contributed by atoms with Gasteiger partial charge < -0.3 is 75.2 Å². The van der Waals surface area contributed by atoms with E-state index in [1.807, 2.05) is 0 Å². The standard InChI is InChI=1S/C40H45N3O18/c1-11-6-18-24(31(50)21(11)38(55)42-12(2)37(54)43-56)23-16(9-17-25(32(23)51)28(47)15-7-14(57-5)8-19(44)22(15)27(17)46)29(48)35(18)60-40-34(53)36(26(41-4)13(3)59-40)61-39-33(52)30(49)20(45)10-58-39/h6-9,12-13,20,26,29-30,33-36,39-41,44-45,48-53,56H,10H2,1-5H3,(H,42,55)(H,43,54)/t12-,13-,20-,26+,29+,30+,33-,34-,35+,36+,39+,40+/m1/s1. The molecule has 12 N–H and O–H groups in total. The smallest absolute Gasteiger partial charge is 0.265 e. The van der Waals surface area contributed by atoms with Crippen molar-refractivity contribution < 1.29 is 88.9 Å². The number of likely N-dealkylation sites (N-methyl/N-ethyl adjacent to an activating group) is 1. The summed E-state index contributed by atoms with van der Waals surface area (Å²) in [4.78, 5) is 53.9. The molecule has 12 atom stereocenters. The van der Waals surface area contributed by atoms with Gasteiger partial charge in [-0.15, -0.1) is 0 Å². The molecule has 3 aromatic rings. The van der Waals surface area contributed by atoms with Crippen LogP contribution in [-0.4, -0.2) is 151 Å². The van der Waals surface area contributed by atoms with Gasteiger partial charge in [-0.05, 0) is 56.6 Å². The second-order valence-electron chi connectivity index (χ2n) is 15.3. The van der Waals surface area contributed by atoms with E-state index in [0.29, 0.717) is 0 Å². The number of nitrogens with one attached hydrogen (secondary N) is 3. The predicted molar refractivity (Wildman–Crippen MR) is 203 cm³/mol. The fourth-order valence-electron chi connectivity index (χ4n) is 8.40. The number of phenolic OH excluding ortho intramolecular Hbond substituents is 3. The van der Waals surface area contributed by atoms with Crippen LogP contribution in [0.5, 0.6) is 23.0 Å². The van der Waals surface area contributed by atoms with Crippen molar-refractivity contribution in [1.29, 1.82) is 0 Å². The summed E-state index contributed by atoms with van der Waals surface area (Å²) in [5.41, 5.74) is -1.94. The molecule has 2 aliphatic heterocycles. The van der Waals surface area contributed by atoms with Gasteiger partial charge in [0.05, 0.1) is 42.6 Å². The molecular weight excluding hydrogens is 810 g/mol. The van der Waals surface area contributed by atoms with Crippen molar-refractivity contribution in [2.45, 2.75) is 94.3 Å². The molecule has 0 bridgehead atoms. The highest BCUT2D eigenvalue weighted by Gasteiger charge is 2.51. The van der Waals surface area contributed by atoms with Crippen LogP contribution in [-0.2, 0) is 23.7 Å². The lowest BCUT2D eigenvalue weighted by Crippen LogP contribution is -2.65. The van der Waals surface area contributed by atoms with Crippen molar-refractivity contribution in [3.05, 3.63) is 68.8 Å². The van der Waals surface area contributed by atoms with Crippen LogP contribution in [0.1, 0.15) is 84.9 Å². The second-order valence-corrected chi connectivity index (χ2v) is 15.3. The largest absolute Gasteiger partial charge is 0.507 e. The average molecular weight is 856 g/mol. The summed E-state index contributed by atoms with van der Waals surface area (Å²) in [5.74, 6) is -6.22. The molecule has 0 radical (unpaired) electrons. The lowest BCUT2D eigenvalue weighted by atomic mass is 9.74. The number of rotatable bonds is 9. The van der Waals surface area contributed by atoms with Gasteiger partial charge in [0.25, 0.3) is 11.8 Å². The number of aliphatic hydroxyl groups excluding tert-OH is 5. The molecule has 21 nitrogen and oxygen atoms in total. The SMILES string of the molecule is CN[C@@H]1[C@H](O[C@@H]2OC[C@@H](O)[C@H](O)[C@H]2O)[C@@H](O)[C@H](O[C@H]2c3cc(C)c(C(=O)N[C@H](C)C(=O)NO)c(O)c3-c3c(cc4c(c3O)C(=O)c3cc(OC)cc(O)c3C4=O)[C@@H]2O)O[C@@H]1C. The van der Waals surface area contributed by atoms with E-state index in [4.69, 9.17) is 28.9 Å². The van der Waals surface area contributed by atoms with Crippen molar-refractivity contribution in [2.75, 3.05) is 20.8 Å². The van der Waals surface area contributed by atoms with E-state index in [9.17, 15) is 60.0 Å². The van der Waals surface area contributed by atoms with Crippen molar-refractivity contribution in [3.8, 4) is 34.1 Å². The number of methoxy groups -OCH3 is 1. The Hall–Kier alpha value is -5.30. The minimum absolute atomic E-state index is 0.0147. The number of aromatic hydroxyl groups is 3. The van der Waals surface area contributed by atoms with Crippen molar-refractivity contribution in [2.24, 2.45) is 0 Å². The maximum absolute atomic E-state index is 14.1. The first-order valence-electron chi connectivity index (χ1n) is 19.0. The van der Waals surface area contributed by atoms with Crippen LogP contribution < -0.4 is 20.9 Å².